The second-order valence-corrected chi connectivity index (χ2v) is 7.45. The highest BCUT2D eigenvalue weighted by Crippen LogP contribution is 2.33. The molecule has 3 rings (SSSR count). The molecule has 0 aliphatic carbocycles. The molecule has 2 unspecified atom stereocenters. The molecule has 106 valence electrons. The molecule has 6 heteroatoms. The average Bonchev–Trinajstić information content (AvgIpc) is 2.66. The SMILES string of the molecule is O=S1(=O)CC(O)C(Oc2ccc(Cl)c3ccccc23)C1. The van der Waals surface area contributed by atoms with E-state index in [1.54, 1.807) is 12.1 Å². The van der Waals surface area contributed by atoms with Gasteiger partial charge in [-0.2, -0.15) is 0 Å². The zero-order valence-electron chi connectivity index (χ0n) is 10.5. The van der Waals surface area contributed by atoms with E-state index >= 15 is 0 Å². The summed E-state index contributed by atoms with van der Waals surface area (Å²) < 4.78 is 28.7. The summed E-state index contributed by atoms with van der Waals surface area (Å²) in [7, 11) is -3.23. The first kappa shape index (κ1) is 13.7. The van der Waals surface area contributed by atoms with Gasteiger partial charge in [0.15, 0.2) is 9.84 Å². The molecule has 0 radical (unpaired) electrons. The first-order valence-corrected chi connectivity index (χ1v) is 8.38. The number of sulfone groups is 1. The Labute approximate surface area is 121 Å². The summed E-state index contributed by atoms with van der Waals surface area (Å²) in [4.78, 5) is 0. The highest BCUT2D eigenvalue weighted by atomic mass is 35.5. The van der Waals surface area contributed by atoms with Gasteiger partial charge in [0.1, 0.15) is 18.0 Å². The van der Waals surface area contributed by atoms with Gasteiger partial charge in [-0.15, -0.1) is 0 Å². The number of ether oxygens (including phenoxy) is 1. The van der Waals surface area contributed by atoms with E-state index in [9.17, 15) is 13.5 Å². The van der Waals surface area contributed by atoms with Crippen molar-refractivity contribution < 1.29 is 18.3 Å². The van der Waals surface area contributed by atoms with Gasteiger partial charge >= 0.3 is 0 Å². The molecule has 2 atom stereocenters. The van der Waals surface area contributed by atoms with Crippen molar-refractivity contribution in [1.29, 1.82) is 0 Å². The molecule has 1 heterocycles. The van der Waals surface area contributed by atoms with Gasteiger partial charge in [-0.25, -0.2) is 8.42 Å². The van der Waals surface area contributed by atoms with Crippen molar-refractivity contribution in [3.8, 4) is 5.75 Å². The molecule has 4 nitrogen and oxygen atoms in total. The van der Waals surface area contributed by atoms with Crippen LogP contribution >= 0.6 is 11.6 Å². The van der Waals surface area contributed by atoms with Crippen LogP contribution in [0.1, 0.15) is 0 Å². The summed E-state index contributed by atoms with van der Waals surface area (Å²) >= 11 is 6.12. The molecule has 1 aliphatic heterocycles. The molecule has 0 bridgehead atoms. The third kappa shape index (κ3) is 2.49. The second kappa shape index (κ2) is 4.91. The predicted molar refractivity (Wildman–Crippen MR) is 78.0 cm³/mol. The van der Waals surface area contributed by atoms with Crippen molar-refractivity contribution in [3.05, 3.63) is 41.4 Å². The summed E-state index contributed by atoms with van der Waals surface area (Å²) in [5.74, 6) is 0.125. The Hall–Kier alpha value is -1.30. The fourth-order valence-electron chi connectivity index (χ4n) is 2.41. The molecular weight excluding hydrogens is 300 g/mol. The molecule has 0 saturated carbocycles. The first-order chi connectivity index (χ1) is 9.46. The van der Waals surface area contributed by atoms with Gasteiger partial charge < -0.3 is 9.84 Å². The highest BCUT2D eigenvalue weighted by Gasteiger charge is 2.38. The molecule has 1 aliphatic rings. The number of fused-ring (bicyclic) bond motifs is 1. The van der Waals surface area contributed by atoms with E-state index in [2.05, 4.69) is 0 Å². The van der Waals surface area contributed by atoms with E-state index in [1.165, 1.54) is 0 Å². The zero-order valence-corrected chi connectivity index (χ0v) is 12.1. The lowest BCUT2D eigenvalue weighted by atomic mass is 10.1. The van der Waals surface area contributed by atoms with E-state index in [1.807, 2.05) is 24.3 Å². The average molecular weight is 313 g/mol. The minimum Gasteiger partial charge on any atom is -0.486 e. The Morgan fingerprint density at radius 1 is 1.10 bits per heavy atom. The number of benzene rings is 2. The molecule has 2 aromatic rings. The maximum atomic E-state index is 11.5. The molecule has 2 aromatic carbocycles. The number of aliphatic hydroxyl groups is 1. The van der Waals surface area contributed by atoms with Crippen LogP contribution in [0.4, 0.5) is 0 Å². The first-order valence-electron chi connectivity index (χ1n) is 6.19. The molecule has 1 fully saturated rings. The van der Waals surface area contributed by atoms with Crippen LogP contribution in [0.2, 0.25) is 5.02 Å². The fourth-order valence-corrected chi connectivity index (χ4v) is 4.30. The Morgan fingerprint density at radius 2 is 1.80 bits per heavy atom. The number of hydrogen-bond donors (Lipinski definition) is 1. The van der Waals surface area contributed by atoms with E-state index in [-0.39, 0.29) is 11.5 Å². The lowest BCUT2D eigenvalue weighted by Crippen LogP contribution is -2.29. The summed E-state index contributed by atoms with van der Waals surface area (Å²) in [6.07, 6.45) is -1.72. The van der Waals surface area contributed by atoms with E-state index < -0.39 is 22.0 Å². The predicted octanol–water partition coefficient (Wildman–Crippen LogP) is 2.03. The van der Waals surface area contributed by atoms with Gasteiger partial charge in [0.05, 0.1) is 11.5 Å². The van der Waals surface area contributed by atoms with Gasteiger partial charge in [0, 0.05) is 15.8 Å². The van der Waals surface area contributed by atoms with Crippen molar-refractivity contribution in [3.63, 3.8) is 0 Å². The Balaban J connectivity index is 1.98. The maximum Gasteiger partial charge on any atom is 0.156 e. The third-order valence-electron chi connectivity index (χ3n) is 3.38. The minimum atomic E-state index is -3.23. The number of rotatable bonds is 2. The lowest BCUT2D eigenvalue weighted by molar-refractivity contribution is 0.0748. The maximum absolute atomic E-state index is 11.5. The van der Waals surface area contributed by atoms with Crippen LogP contribution in [0.25, 0.3) is 10.8 Å². The summed E-state index contributed by atoms with van der Waals surface area (Å²) in [5.41, 5.74) is 0. The van der Waals surface area contributed by atoms with Crippen molar-refractivity contribution in [2.75, 3.05) is 11.5 Å². The quantitative estimate of drug-likeness (QED) is 0.921. The van der Waals surface area contributed by atoms with E-state index in [0.29, 0.717) is 10.8 Å². The summed E-state index contributed by atoms with van der Waals surface area (Å²) in [6.45, 7) is 0. The number of hydrogen-bond acceptors (Lipinski definition) is 4. The highest BCUT2D eigenvalue weighted by molar-refractivity contribution is 7.91. The van der Waals surface area contributed by atoms with Crippen LogP contribution in [0.5, 0.6) is 5.75 Å². The molecular formula is C14H13ClO4S. The molecule has 0 spiro atoms. The van der Waals surface area contributed by atoms with Gasteiger partial charge in [0.2, 0.25) is 0 Å². The lowest BCUT2D eigenvalue weighted by Gasteiger charge is -2.17. The van der Waals surface area contributed by atoms with Crippen LogP contribution in [-0.2, 0) is 9.84 Å². The Kier molecular flexibility index (Phi) is 3.36. The van der Waals surface area contributed by atoms with Crippen LogP contribution in [0.3, 0.4) is 0 Å². The largest absolute Gasteiger partial charge is 0.486 e. The molecule has 0 amide bonds. The van der Waals surface area contributed by atoms with Crippen molar-refractivity contribution in [2.45, 2.75) is 12.2 Å². The monoisotopic (exact) mass is 312 g/mol. The third-order valence-corrected chi connectivity index (χ3v) is 5.40. The number of halogens is 1. The normalized spacial score (nSPS) is 24.9. The minimum absolute atomic E-state index is 0.162. The van der Waals surface area contributed by atoms with Crippen LogP contribution in [-0.4, -0.2) is 37.2 Å². The number of aliphatic hydroxyl groups excluding tert-OH is 1. The van der Waals surface area contributed by atoms with Crippen LogP contribution in [0, 0.1) is 0 Å². The molecule has 0 aromatic heterocycles. The summed E-state index contributed by atoms with van der Waals surface area (Å²) in [5, 5.41) is 12.0. The van der Waals surface area contributed by atoms with Crippen molar-refractivity contribution in [1.82, 2.24) is 0 Å². The molecule has 1 N–H and O–H groups in total. The van der Waals surface area contributed by atoms with Gasteiger partial charge in [-0.1, -0.05) is 35.9 Å². The van der Waals surface area contributed by atoms with Gasteiger partial charge in [0.25, 0.3) is 0 Å². The van der Waals surface area contributed by atoms with Crippen LogP contribution < -0.4 is 4.74 Å². The Morgan fingerprint density at radius 3 is 2.45 bits per heavy atom. The van der Waals surface area contributed by atoms with Crippen molar-refractivity contribution in [2.24, 2.45) is 0 Å². The van der Waals surface area contributed by atoms with Gasteiger partial charge in [-0.05, 0) is 12.1 Å². The smallest absolute Gasteiger partial charge is 0.156 e. The second-order valence-electron chi connectivity index (χ2n) is 4.89. The van der Waals surface area contributed by atoms with E-state index in [0.717, 1.165) is 10.8 Å². The molecule has 1 saturated heterocycles. The van der Waals surface area contributed by atoms with E-state index in [4.69, 9.17) is 16.3 Å². The van der Waals surface area contributed by atoms with Crippen LogP contribution in [0.15, 0.2) is 36.4 Å². The topological polar surface area (TPSA) is 63.6 Å². The van der Waals surface area contributed by atoms with Gasteiger partial charge in [-0.3, -0.25) is 0 Å². The molecule has 20 heavy (non-hydrogen) atoms. The Bertz CT molecular complexity index is 757. The van der Waals surface area contributed by atoms with Crippen molar-refractivity contribution >= 4 is 32.2 Å². The standard InChI is InChI=1S/C14H13ClO4S/c15-11-5-6-13(10-4-2-1-3-9(10)11)19-14-8-20(17,18)7-12(14)16/h1-6,12,14,16H,7-8H2. The fraction of sp³-hybridized carbons (Fsp3) is 0.286. The zero-order chi connectivity index (χ0) is 14.3. The summed E-state index contributed by atoms with van der Waals surface area (Å²) in [6, 6.07) is 10.8.